The molecule has 1 amide bonds. The van der Waals surface area contributed by atoms with E-state index < -0.39 is 75.8 Å². The lowest BCUT2D eigenvalue weighted by Gasteiger charge is -2.67. The smallest absolute Gasteiger partial charge is 0.326 e. The van der Waals surface area contributed by atoms with Gasteiger partial charge in [-0.2, -0.15) is 0 Å². The van der Waals surface area contributed by atoms with Crippen molar-refractivity contribution in [2.75, 3.05) is 51.4 Å². The number of carbonyl (C=O) groups is 5. The molecule has 0 aliphatic heterocycles. The molecule has 9 rings (SSSR count). The molecular weight excluding hydrogens is 1060 g/mol. The first-order chi connectivity index (χ1) is 38.6. The first-order valence-electron chi connectivity index (χ1n) is 26.5. The normalized spacial score (nSPS) is 26.2. The number of nitrogens with two attached hydrogens (primary N) is 2. The number of anilines is 4. The van der Waals surface area contributed by atoms with Crippen molar-refractivity contribution in [3.63, 3.8) is 0 Å². The number of ether oxygens (including phenoxy) is 3. The second kappa shape index (κ2) is 23.7. The maximum atomic E-state index is 17.2. The van der Waals surface area contributed by atoms with Gasteiger partial charge in [0.1, 0.15) is 41.2 Å². The van der Waals surface area contributed by atoms with Crippen molar-refractivity contribution in [3.8, 4) is 17.2 Å². The van der Waals surface area contributed by atoms with Crippen LogP contribution >= 0.6 is 0 Å². The van der Waals surface area contributed by atoms with E-state index in [9.17, 15) is 44.4 Å². The summed E-state index contributed by atoms with van der Waals surface area (Å²) in [6, 6.07) is 8.85. The van der Waals surface area contributed by atoms with Crippen molar-refractivity contribution in [2.24, 2.45) is 28.1 Å². The zero-order valence-corrected chi connectivity index (χ0v) is 47.5. The van der Waals surface area contributed by atoms with Gasteiger partial charge in [-0.25, -0.2) is 39.1 Å². The van der Waals surface area contributed by atoms with Crippen LogP contribution in [0.1, 0.15) is 99.4 Å². The van der Waals surface area contributed by atoms with Crippen molar-refractivity contribution < 1.29 is 68.1 Å². The van der Waals surface area contributed by atoms with Crippen LogP contribution in [0.5, 0.6) is 17.2 Å². The van der Waals surface area contributed by atoms with Gasteiger partial charge in [0.2, 0.25) is 5.75 Å². The largest absolute Gasteiger partial charge is 0.493 e. The third-order valence-corrected chi connectivity index (χ3v) is 17.2. The number of amides is 1. The summed E-state index contributed by atoms with van der Waals surface area (Å²) in [5.74, 6) is -0.581. The Bertz CT molecular complexity index is 3340. The highest BCUT2D eigenvalue weighted by atomic mass is 19.1. The summed E-state index contributed by atoms with van der Waals surface area (Å²) < 4.78 is 33.2. The average Bonchev–Trinajstić information content (AvgIpc) is 1.54. The summed E-state index contributed by atoms with van der Waals surface area (Å²) in [5.41, 5.74) is 8.94. The number of carbonyl (C=O) groups excluding carboxylic acids is 3. The number of fused-ring (bicyclic) bond motifs is 6. The molecular formula is C58H71FN10O13. The second-order valence-electron chi connectivity index (χ2n) is 21.9. The molecule has 23 nitrogen and oxygen atoms in total. The van der Waals surface area contributed by atoms with Gasteiger partial charge < -0.3 is 61.4 Å². The minimum absolute atomic E-state index is 0.0823. The van der Waals surface area contributed by atoms with E-state index in [0.29, 0.717) is 88.6 Å². The van der Waals surface area contributed by atoms with E-state index in [2.05, 4.69) is 35.2 Å². The number of nitrogens with zero attached hydrogens (tertiary/aromatic N) is 7. The maximum Gasteiger partial charge on any atom is 0.326 e. The van der Waals surface area contributed by atoms with Crippen LogP contribution in [0.15, 0.2) is 72.6 Å². The van der Waals surface area contributed by atoms with E-state index in [1.165, 1.54) is 30.5 Å². The van der Waals surface area contributed by atoms with Crippen LogP contribution in [0.3, 0.4) is 0 Å². The number of carboxylic acid groups (broad SMARTS) is 2. The van der Waals surface area contributed by atoms with Crippen LogP contribution < -0.4 is 35.9 Å². The Hall–Kier alpha value is -8.22. The van der Waals surface area contributed by atoms with Crippen molar-refractivity contribution in [1.29, 1.82) is 0 Å². The number of hydrogen-bond acceptors (Lipinski definition) is 20. The number of aryl methyl sites for hydroxylation is 2. The van der Waals surface area contributed by atoms with Crippen molar-refractivity contribution in [3.05, 3.63) is 101 Å². The van der Waals surface area contributed by atoms with Crippen molar-refractivity contribution in [1.82, 2.24) is 35.2 Å². The van der Waals surface area contributed by atoms with Crippen LogP contribution in [0.4, 0.5) is 27.5 Å². The molecule has 10 N–H and O–H groups in total. The molecule has 4 aliphatic carbocycles. The molecule has 3 aromatic heterocycles. The van der Waals surface area contributed by atoms with Crippen LogP contribution in [-0.4, -0.2) is 143 Å². The molecule has 1 unspecified atom stereocenters. The molecule has 0 spiro atoms. The predicted molar refractivity (Wildman–Crippen MR) is 299 cm³/mol. The first kappa shape index (κ1) is 61.4. The van der Waals surface area contributed by atoms with Gasteiger partial charge in [0.25, 0.3) is 5.91 Å². The fraction of sp³-hybridized carbons (Fsp3) is 0.466. The van der Waals surface area contributed by atoms with E-state index in [4.69, 9.17) is 30.8 Å². The molecule has 2 aromatic carbocycles. The molecule has 9 atom stereocenters. The standard InChI is InChI=1S/C23H31FO5.C20H21N7O5.C15H19N3O3/c1-13-9-16-20(3)7-5-14-10-15(26)6-8-19(14,2)23(20,24)17(27)11-21(16,4)22(13,29)18(28)12-25;1-10-23-17(21)16-18(24-10)26-14(9-22-16)27(2)12-5-3-11(4-6-12)19(30)25-13(20(31)32)7-8-15(28)29;1-9-17-8-11(15(16)18-9)5-10-6-12(19-2)14(21-4)13(7-10)20-3/h6,8,10,13,16-17,25,27,29H,5,7,9,11-12H2,1-4H3;3-6,9,13H,7-8H2,1-2H3,(H,25,30)(H,28,29)(H,31,32)(H2,21,23,24,26);6-8H,5H2,1-4H3,(H2,16,17,18)/t13-,16+,17+,19+,20?,21+,22+,23+;13-;/m10./s1. The Morgan fingerprint density at radius 2 is 1.55 bits per heavy atom. The monoisotopic (exact) mass is 1130 g/mol. The van der Waals surface area contributed by atoms with Gasteiger partial charge in [-0.15, -0.1) is 0 Å². The number of aliphatic carboxylic acids is 2. The molecule has 438 valence electrons. The van der Waals surface area contributed by atoms with Crippen LogP contribution in [0.2, 0.25) is 0 Å². The molecule has 3 fully saturated rings. The van der Waals surface area contributed by atoms with Crippen molar-refractivity contribution in [2.45, 2.75) is 110 Å². The number of benzene rings is 2. The molecule has 3 saturated carbocycles. The van der Waals surface area contributed by atoms with Gasteiger partial charge in [-0.1, -0.05) is 32.4 Å². The molecule has 4 aliphatic rings. The lowest BCUT2D eigenvalue weighted by Crippen LogP contribution is -2.73. The molecule has 0 bridgehead atoms. The predicted octanol–water partition coefficient (Wildman–Crippen LogP) is 5.40. The van der Waals surface area contributed by atoms with Crippen LogP contribution in [-0.2, 0) is 25.6 Å². The van der Waals surface area contributed by atoms with Crippen molar-refractivity contribution >= 4 is 63.7 Å². The summed E-state index contributed by atoms with van der Waals surface area (Å²) in [6.45, 7) is 9.82. The van der Waals surface area contributed by atoms with Gasteiger partial charge in [0.15, 0.2) is 46.0 Å². The number of aliphatic hydroxyl groups excluding tert-OH is 2. The fourth-order valence-electron chi connectivity index (χ4n) is 12.9. The number of ketones is 2. The Balaban J connectivity index is 0.000000181. The Labute approximate surface area is 473 Å². The molecule has 24 heteroatoms. The van der Waals surface area contributed by atoms with Gasteiger partial charge in [-0.05, 0) is 119 Å². The number of Topliss-reactive ketones (excluding diaryl/α,β-unsaturated/α-hetero) is 1. The zero-order chi connectivity index (χ0) is 60.4. The number of nitrogens with one attached hydrogen (secondary N) is 1. The Morgan fingerprint density at radius 3 is 2.13 bits per heavy atom. The minimum atomic E-state index is -2.04. The van der Waals surface area contributed by atoms with E-state index in [-0.39, 0.29) is 42.3 Å². The van der Waals surface area contributed by atoms with Gasteiger partial charge in [-0.3, -0.25) is 19.2 Å². The highest BCUT2D eigenvalue weighted by Gasteiger charge is 2.79. The highest BCUT2D eigenvalue weighted by Crippen LogP contribution is 2.75. The lowest BCUT2D eigenvalue weighted by molar-refractivity contribution is -0.255. The van der Waals surface area contributed by atoms with E-state index in [1.54, 1.807) is 92.3 Å². The summed E-state index contributed by atoms with van der Waals surface area (Å²) in [7, 11) is 6.51. The summed E-state index contributed by atoms with van der Waals surface area (Å²) in [6.07, 6.45) is 7.59. The summed E-state index contributed by atoms with van der Waals surface area (Å²) in [5, 5.41) is 52.6. The third-order valence-electron chi connectivity index (χ3n) is 17.2. The number of alkyl halides is 1. The topological polar surface area (TPSA) is 359 Å². The number of methoxy groups -OCH3 is 3. The average molecular weight is 1140 g/mol. The van der Waals surface area contributed by atoms with E-state index >= 15 is 4.39 Å². The minimum Gasteiger partial charge on any atom is -0.493 e. The molecule has 5 aromatic rings. The van der Waals surface area contributed by atoms with E-state index in [0.717, 1.165) is 11.1 Å². The number of carboxylic acids is 2. The lowest BCUT2D eigenvalue weighted by atomic mass is 9.39. The number of hydrogen-bond donors (Lipinski definition) is 8. The fourth-order valence-corrected chi connectivity index (χ4v) is 12.9. The van der Waals surface area contributed by atoms with Crippen LogP contribution in [0.25, 0.3) is 11.2 Å². The number of rotatable bonds is 15. The summed E-state index contributed by atoms with van der Waals surface area (Å²) in [4.78, 5) is 86.0. The van der Waals surface area contributed by atoms with Crippen LogP contribution in [0, 0.1) is 41.9 Å². The molecule has 0 saturated heterocycles. The highest BCUT2D eigenvalue weighted by molar-refractivity contribution is 6.01. The van der Waals surface area contributed by atoms with Gasteiger partial charge in [0.05, 0.1) is 33.6 Å². The molecule has 3 heterocycles. The third kappa shape index (κ3) is 11.0. The van der Waals surface area contributed by atoms with E-state index in [1.807, 2.05) is 19.1 Å². The number of halogens is 1. The number of aromatic nitrogens is 6. The zero-order valence-electron chi connectivity index (χ0n) is 47.5. The second-order valence-corrected chi connectivity index (χ2v) is 21.9. The number of nitrogen functional groups attached to an aromatic ring is 2. The number of aliphatic hydroxyl groups is 3. The first-order valence-corrected chi connectivity index (χ1v) is 26.5. The summed E-state index contributed by atoms with van der Waals surface area (Å²) >= 11 is 0. The molecule has 0 radical (unpaired) electrons. The van der Waals surface area contributed by atoms with Gasteiger partial charge in [0, 0.05) is 59.1 Å². The quantitative estimate of drug-likeness (QED) is 0.0651. The molecule has 82 heavy (non-hydrogen) atoms. The number of allylic oxidation sites excluding steroid dienone is 4. The van der Waals surface area contributed by atoms with Gasteiger partial charge >= 0.3 is 11.9 Å². The maximum absolute atomic E-state index is 17.2. The SMILES string of the molecule is COc1cc(Cc2cnc(C)nc2N)cc(OC)c1OC.C[C@@H]1C[C@H]2C3(C)CCC4=CC(=O)C=C[C@]4(C)[C@@]3(F)[C@@H](O)C[C@]2(C)[C@@]1(O)C(=O)CO.Cc1nc(N)c2ncc(N(C)c3ccc(C(=O)N[C@@H](CCC(=O)O)C(=O)O)cc3)nc2n1. The Kier molecular flexibility index (Phi) is 17.7. The Morgan fingerprint density at radius 1 is 0.902 bits per heavy atom.